The Morgan fingerprint density at radius 2 is 1.83 bits per heavy atom. The Morgan fingerprint density at radius 1 is 1.20 bits per heavy atom. The molecule has 166 valence electrons. The fourth-order valence-corrected chi connectivity index (χ4v) is 4.23. The summed E-state index contributed by atoms with van der Waals surface area (Å²) in [5.74, 6) is 2.49. The molecule has 1 heterocycles. The number of sulfonamides is 1. The van der Waals surface area contributed by atoms with Crippen molar-refractivity contribution in [2.45, 2.75) is 70.6 Å². The molecule has 1 aromatic carbocycles. The summed E-state index contributed by atoms with van der Waals surface area (Å²) in [6.07, 6.45) is 12.0. The molecular formula is C22H33BrN4O2S. The zero-order valence-corrected chi connectivity index (χ0v) is 20.5. The Morgan fingerprint density at radius 3 is 2.37 bits per heavy atom. The molecule has 1 atom stereocenters. The van der Waals surface area contributed by atoms with Gasteiger partial charge in [-0.25, -0.2) is 23.5 Å². The second kappa shape index (κ2) is 11.8. The van der Waals surface area contributed by atoms with E-state index >= 15 is 0 Å². The third kappa shape index (κ3) is 8.32. The highest BCUT2D eigenvalue weighted by Crippen LogP contribution is 2.29. The molecule has 2 aromatic rings. The number of nitrogens with zero attached hydrogens (tertiary/aromatic N) is 2. The zero-order chi connectivity index (χ0) is 22.1. The molecule has 1 aromatic heterocycles. The number of primary sulfonamides is 1. The van der Waals surface area contributed by atoms with Crippen molar-refractivity contribution in [3.8, 4) is 0 Å². The molecule has 0 amide bonds. The zero-order valence-electron chi connectivity index (χ0n) is 18.1. The van der Waals surface area contributed by atoms with Crippen LogP contribution in [0.3, 0.4) is 0 Å². The van der Waals surface area contributed by atoms with Gasteiger partial charge in [0.15, 0.2) is 0 Å². The Labute approximate surface area is 189 Å². The van der Waals surface area contributed by atoms with Crippen molar-refractivity contribution >= 4 is 37.6 Å². The summed E-state index contributed by atoms with van der Waals surface area (Å²) in [5.41, 5.74) is 1.48. The van der Waals surface area contributed by atoms with E-state index in [0.717, 1.165) is 22.0 Å². The monoisotopic (exact) mass is 496 g/mol. The van der Waals surface area contributed by atoms with Gasteiger partial charge in [-0.05, 0) is 65.4 Å². The predicted octanol–water partition coefficient (Wildman–Crippen LogP) is 5.94. The maximum absolute atomic E-state index is 11.1. The van der Waals surface area contributed by atoms with Crippen molar-refractivity contribution in [3.05, 3.63) is 40.6 Å². The lowest BCUT2D eigenvalue weighted by Gasteiger charge is -2.23. The second-order valence-corrected chi connectivity index (χ2v) is 10.5. The van der Waals surface area contributed by atoms with Gasteiger partial charge in [0.05, 0.1) is 15.1 Å². The summed E-state index contributed by atoms with van der Waals surface area (Å²) in [6.45, 7) is 6.56. The van der Waals surface area contributed by atoms with E-state index in [4.69, 9.17) is 5.14 Å². The van der Waals surface area contributed by atoms with Crippen LogP contribution in [0.15, 0.2) is 39.8 Å². The van der Waals surface area contributed by atoms with Gasteiger partial charge < -0.3 is 5.32 Å². The van der Waals surface area contributed by atoms with E-state index in [-0.39, 0.29) is 4.90 Å². The van der Waals surface area contributed by atoms with Crippen LogP contribution in [0.4, 0.5) is 11.6 Å². The largest absolute Gasteiger partial charge is 0.324 e. The lowest BCUT2D eigenvalue weighted by Crippen LogP contribution is -2.11. The summed E-state index contributed by atoms with van der Waals surface area (Å²) in [7, 11) is -3.67. The van der Waals surface area contributed by atoms with Gasteiger partial charge in [0.25, 0.3) is 0 Å². The molecule has 0 spiro atoms. The van der Waals surface area contributed by atoms with Crippen LogP contribution in [0.1, 0.15) is 64.5 Å². The fourth-order valence-electron chi connectivity index (χ4n) is 3.53. The maximum Gasteiger partial charge on any atom is 0.238 e. The Hall–Kier alpha value is -1.51. The molecule has 6 nitrogen and oxygen atoms in total. The minimum atomic E-state index is -3.67. The molecule has 8 heteroatoms. The lowest BCUT2D eigenvalue weighted by molar-refractivity contribution is 0.293. The molecule has 1 saturated carbocycles. The number of hydrogen-bond acceptors (Lipinski definition) is 5. The van der Waals surface area contributed by atoms with Gasteiger partial charge in [-0.2, -0.15) is 0 Å². The molecule has 0 radical (unpaired) electrons. The highest BCUT2D eigenvalue weighted by molar-refractivity contribution is 9.10. The van der Waals surface area contributed by atoms with Crippen LogP contribution >= 0.6 is 15.9 Å². The molecule has 3 rings (SSSR count). The average Bonchev–Trinajstić information content (AvgIpc) is 2.72. The molecule has 1 unspecified atom stereocenters. The number of aromatic nitrogens is 2. The SMILES string of the molecule is CCC(C)CC1CCCCC1.Cc1nc(Nc2ccc(S(N)(=O)=O)cc2)ncc1Br. The van der Waals surface area contributed by atoms with E-state index in [2.05, 4.69) is 45.1 Å². The first kappa shape index (κ1) is 24.8. The average molecular weight is 498 g/mol. The summed E-state index contributed by atoms with van der Waals surface area (Å²) >= 11 is 3.31. The van der Waals surface area contributed by atoms with Crippen LogP contribution in [0.25, 0.3) is 0 Å². The number of halogens is 1. The van der Waals surface area contributed by atoms with Gasteiger partial charge in [0.2, 0.25) is 16.0 Å². The molecule has 3 N–H and O–H groups in total. The Kier molecular flexibility index (Phi) is 9.71. The van der Waals surface area contributed by atoms with Crippen molar-refractivity contribution < 1.29 is 8.42 Å². The second-order valence-electron chi connectivity index (χ2n) is 8.07. The summed E-state index contributed by atoms with van der Waals surface area (Å²) in [4.78, 5) is 8.38. The highest BCUT2D eigenvalue weighted by Gasteiger charge is 2.15. The van der Waals surface area contributed by atoms with Crippen LogP contribution in [0.5, 0.6) is 0 Å². The number of hydrogen-bond donors (Lipinski definition) is 2. The molecule has 1 fully saturated rings. The smallest absolute Gasteiger partial charge is 0.238 e. The van der Waals surface area contributed by atoms with Gasteiger partial charge in [-0.1, -0.05) is 52.4 Å². The molecular weight excluding hydrogens is 464 g/mol. The van der Waals surface area contributed by atoms with Crippen molar-refractivity contribution in [3.63, 3.8) is 0 Å². The lowest BCUT2D eigenvalue weighted by atomic mass is 9.83. The Balaban J connectivity index is 0.000000248. The number of nitrogens with two attached hydrogens (primary N) is 1. The van der Waals surface area contributed by atoms with E-state index in [0.29, 0.717) is 11.6 Å². The Bertz CT molecular complexity index is 898. The molecule has 30 heavy (non-hydrogen) atoms. The third-order valence-electron chi connectivity index (χ3n) is 5.52. The number of aryl methyl sites for hydroxylation is 1. The first-order valence-corrected chi connectivity index (χ1v) is 12.9. The van der Waals surface area contributed by atoms with Crippen LogP contribution in [-0.2, 0) is 10.0 Å². The van der Waals surface area contributed by atoms with Gasteiger partial charge in [0.1, 0.15) is 0 Å². The topological polar surface area (TPSA) is 98.0 Å². The minimum absolute atomic E-state index is 0.0611. The molecule has 0 saturated heterocycles. The van der Waals surface area contributed by atoms with E-state index < -0.39 is 10.0 Å². The number of rotatable bonds is 6. The van der Waals surface area contributed by atoms with Gasteiger partial charge in [0, 0.05) is 11.9 Å². The third-order valence-corrected chi connectivity index (χ3v) is 7.22. The number of benzene rings is 1. The quantitative estimate of drug-likeness (QED) is 0.515. The van der Waals surface area contributed by atoms with Gasteiger partial charge in [-0.15, -0.1) is 0 Å². The van der Waals surface area contributed by atoms with Gasteiger partial charge in [-0.3, -0.25) is 0 Å². The normalized spacial score (nSPS) is 15.8. The molecule has 0 bridgehead atoms. The van der Waals surface area contributed by atoms with Crippen LogP contribution in [0, 0.1) is 18.8 Å². The minimum Gasteiger partial charge on any atom is -0.324 e. The van der Waals surface area contributed by atoms with E-state index in [9.17, 15) is 8.42 Å². The van der Waals surface area contributed by atoms with Gasteiger partial charge >= 0.3 is 0 Å². The van der Waals surface area contributed by atoms with Crippen LogP contribution in [-0.4, -0.2) is 18.4 Å². The standard InChI is InChI=1S/C11H11BrN4O2S.C11H22/c1-7-10(12)6-14-11(15-7)16-8-2-4-9(5-3-8)19(13,17)18;1-3-10(2)9-11-7-5-4-6-8-11/h2-6H,1H3,(H2,13,17,18)(H,14,15,16);10-11H,3-9H2,1-2H3. The summed E-state index contributed by atoms with van der Waals surface area (Å²) in [5, 5.41) is 7.99. The van der Waals surface area contributed by atoms with E-state index in [1.807, 2.05) is 6.92 Å². The highest BCUT2D eigenvalue weighted by atomic mass is 79.9. The first-order chi connectivity index (χ1) is 14.2. The van der Waals surface area contributed by atoms with Crippen molar-refractivity contribution in [2.75, 3.05) is 5.32 Å². The summed E-state index contributed by atoms with van der Waals surface area (Å²) in [6, 6.07) is 6.04. The van der Waals surface area contributed by atoms with Crippen molar-refractivity contribution in [1.82, 2.24) is 9.97 Å². The van der Waals surface area contributed by atoms with Crippen LogP contribution < -0.4 is 10.5 Å². The molecule has 1 aliphatic carbocycles. The molecule has 0 aliphatic heterocycles. The van der Waals surface area contributed by atoms with E-state index in [1.165, 1.54) is 57.1 Å². The first-order valence-electron chi connectivity index (χ1n) is 10.6. The molecule has 1 aliphatic rings. The predicted molar refractivity (Wildman–Crippen MR) is 126 cm³/mol. The number of anilines is 2. The van der Waals surface area contributed by atoms with Crippen molar-refractivity contribution in [2.24, 2.45) is 17.0 Å². The van der Waals surface area contributed by atoms with Crippen LogP contribution in [0.2, 0.25) is 0 Å². The number of nitrogens with one attached hydrogen (secondary N) is 1. The fraction of sp³-hybridized carbons (Fsp3) is 0.545. The summed E-state index contributed by atoms with van der Waals surface area (Å²) < 4.78 is 23.0. The van der Waals surface area contributed by atoms with Crippen molar-refractivity contribution in [1.29, 1.82) is 0 Å². The van der Waals surface area contributed by atoms with E-state index in [1.54, 1.807) is 18.3 Å². The maximum atomic E-state index is 11.1.